The van der Waals surface area contributed by atoms with Crippen LogP contribution in [0.25, 0.3) is 11.1 Å². The average molecular weight is 303 g/mol. The molecule has 0 amide bonds. The van der Waals surface area contributed by atoms with E-state index in [-0.39, 0.29) is 0 Å². The average Bonchev–Trinajstić information content (AvgIpc) is 2.90. The van der Waals surface area contributed by atoms with Gasteiger partial charge >= 0.3 is 0 Å². The summed E-state index contributed by atoms with van der Waals surface area (Å²) in [7, 11) is 0. The fraction of sp³-hybridized carbons (Fsp3) is 0.0625. The Hall–Kier alpha value is -1.77. The molecule has 0 aliphatic rings. The number of rotatable bonds is 3. The molecule has 100 valence electrons. The smallest absolute Gasteiger partial charge is 0.0659 e. The molecule has 0 atom stereocenters. The fourth-order valence-corrected chi connectivity index (χ4v) is 2.36. The minimum atomic E-state index is 0.720. The maximum Gasteiger partial charge on any atom is 0.0659 e. The van der Waals surface area contributed by atoms with Crippen molar-refractivity contribution in [2.24, 2.45) is 0 Å². The predicted octanol–water partition coefficient (Wildman–Crippen LogP) is 4.91. The molecule has 0 unspecified atom stereocenters. The van der Waals surface area contributed by atoms with E-state index in [0.29, 0.717) is 0 Å². The maximum absolute atomic E-state index is 6.01. The first-order valence-electron chi connectivity index (χ1n) is 6.23. The van der Waals surface area contributed by atoms with Gasteiger partial charge in [-0.15, -0.1) is 0 Å². The molecule has 3 aromatic rings. The van der Waals surface area contributed by atoms with Crippen LogP contribution in [0.2, 0.25) is 10.0 Å². The van der Waals surface area contributed by atoms with Crippen molar-refractivity contribution in [3.05, 3.63) is 76.5 Å². The standard InChI is InChI=1S/C16H12Cl2N2/c17-15-6-4-12(5-7-15)10-20-11-14(9-19-20)13-2-1-3-16(18)8-13/h1-9,11H,10H2. The lowest BCUT2D eigenvalue weighted by molar-refractivity contribution is 0.687. The van der Waals surface area contributed by atoms with E-state index in [1.807, 2.05) is 65.6 Å². The van der Waals surface area contributed by atoms with Crippen molar-refractivity contribution in [2.75, 3.05) is 0 Å². The summed E-state index contributed by atoms with van der Waals surface area (Å²) < 4.78 is 1.90. The van der Waals surface area contributed by atoms with E-state index in [1.54, 1.807) is 0 Å². The van der Waals surface area contributed by atoms with Crippen molar-refractivity contribution in [1.29, 1.82) is 0 Å². The summed E-state index contributed by atoms with van der Waals surface area (Å²) in [5.41, 5.74) is 3.29. The molecule has 1 aromatic heterocycles. The third-order valence-corrected chi connectivity index (χ3v) is 3.54. The van der Waals surface area contributed by atoms with E-state index in [2.05, 4.69) is 5.10 Å². The molecule has 4 heteroatoms. The lowest BCUT2D eigenvalue weighted by Gasteiger charge is -2.02. The molecule has 0 aliphatic heterocycles. The summed E-state index contributed by atoms with van der Waals surface area (Å²) in [5, 5.41) is 5.85. The quantitative estimate of drug-likeness (QED) is 0.672. The lowest BCUT2D eigenvalue weighted by Crippen LogP contribution is -1.99. The van der Waals surface area contributed by atoms with Gasteiger partial charge in [0.25, 0.3) is 0 Å². The number of nitrogens with zero attached hydrogens (tertiary/aromatic N) is 2. The molecule has 2 nitrogen and oxygen atoms in total. The van der Waals surface area contributed by atoms with Crippen LogP contribution in [0.15, 0.2) is 60.9 Å². The van der Waals surface area contributed by atoms with E-state index >= 15 is 0 Å². The van der Waals surface area contributed by atoms with Gasteiger partial charge in [0, 0.05) is 21.8 Å². The Morgan fingerprint density at radius 2 is 1.70 bits per heavy atom. The van der Waals surface area contributed by atoms with E-state index in [0.717, 1.165) is 33.3 Å². The maximum atomic E-state index is 6.01. The number of halogens is 2. The predicted molar refractivity (Wildman–Crippen MR) is 83.2 cm³/mol. The van der Waals surface area contributed by atoms with E-state index < -0.39 is 0 Å². The van der Waals surface area contributed by atoms with Gasteiger partial charge in [-0.1, -0.05) is 47.5 Å². The number of benzene rings is 2. The number of aromatic nitrogens is 2. The largest absolute Gasteiger partial charge is 0.268 e. The Morgan fingerprint density at radius 1 is 0.900 bits per heavy atom. The third kappa shape index (κ3) is 3.03. The van der Waals surface area contributed by atoms with Gasteiger partial charge < -0.3 is 0 Å². The van der Waals surface area contributed by atoms with E-state index in [1.165, 1.54) is 0 Å². The molecule has 1 heterocycles. The molecule has 3 rings (SSSR count). The van der Waals surface area contributed by atoms with Crippen LogP contribution in [0, 0.1) is 0 Å². The Morgan fingerprint density at radius 3 is 2.45 bits per heavy atom. The van der Waals surface area contributed by atoms with Gasteiger partial charge in [0.2, 0.25) is 0 Å². The van der Waals surface area contributed by atoms with Crippen LogP contribution in [0.3, 0.4) is 0 Å². The van der Waals surface area contributed by atoms with Crippen LogP contribution in [0.1, 0.15) is 5.56 Å². The minimum absolute atomic E-state index is 0.720. The second-order valence-electron chi connectivity index (χ2n) is 4.56. The van der Waals surface area contributed by atoms with Gasteiger partial charge in [-0.25, -0.2) is 0 Å². The van der Waals surface area contributed by atoms with Crippen molar-refractivity contribution in [3.63, 3.8) is 0 Å². The van der Waals surface area contributed by atoms with Crippen LogP contribution in [-0.4, -0.2) is 9.78 Å². The van der Waals surface area contributed by atoms with E-state index in [4.69, 9.17) is 23.2 Å². The Bertz CT molecular complexity index is 717. The topological polar surface area (TPSA) is 17.8 Å². The third-order valence-electron chi connectivity index (χ3n) is 3.05. The van der Waals surface area contributed by atoms with Gasteiger partial charge in [-0.3, -0.25) is 4.68 Å². The highest BCUT2D eigenvalue weighted by molar-refractivity contribution is 6.31. The Balaban J connectivity index is 1.82. The summed E-state index contributed by atoms with van der Waals surface area (Å²) in [4.78, 5) is 0. The van der Waals surface area contributed by atoms with Crippen LogP contribution < -0.4 is 0 Å². The Labute approximate surface area is 127 Å². The van der Waals surface area contributed by atoms with Crippen LogP contribution in [0.4, 0.5) is 0 Å². The summed E-state index contributed by atoms with van der Waals surface area (Å²) in [6.07, 6.45) is 3.86. The van der Waals surface area contributed by atoms with Gasteiger partial charge in [0.05, 0.1) is 12.7 Å². The molecule has 0 aliphatic carbocycles. The fourth-order valence-electron chi connectivity index (χ4n) is 2.04. The second-order valence-corrected chi connectivity index (χ2v) is 5.44. The van der Waals surface area contributed by atoms with Gasteiger partial charge in [0.15, 0.2) is 0 Å². The monoisotopic (exact) mass is 302 g/mol. The first kappa shape index (κ1) is 13.2. The summed E-state index contributed by atoms with van der Waals surface area (Å²) in [6, 6.07) is 15.5. The first-order chi connectivity index (χ1) is 9.70. The highest BCUT2D eigenvalue weighted by Crippen LogP contribution is 2.22. The van der Waals surface area contributed by atoms with Crippen molar-refractivity contribution >= 4 is 23.2 Å². The summed E-state index contributed by atoms with van der Waals surface area (Å²) >= 11 is 11.9. The zero-order valence-corrected chi connectivity index (χ0v) is 12.1. The summed E-state index contributed by atoms with van der Waals surface area (Å²) in [5.74, 6) is 0. The normalized spacial score (nSPS) is 10.7. The first-order valence-corrected chi connectivity index (χ1v) is 6.99. The molecule has 20 heavy (non-hydrogen) atoms. The molecule has 0 radical (unpaired) electrons. The van der Waals surface area contributed by atoms with Gasteiger partial charge in [-0.2, -0.15) is 5.10 Å². The molecular formula is C16H12Cl2N2. The van der Waals surface area contributed by atoms with Gasteiger partial charge in [0.1, 0.15) is 0 Å². The van der Waals surface area contributed by atoms with Crippen molar-refractivity contribution in [1.82, 2.24) is 9.78 Å². The van der Waals surface area contributed by atoms with Gasteiger partial charge in [-0.05, 0) is 35.4 Å². The minimum Gasteiger partial charge on any atom is -0.268 e. The molecule has 0 saturated carbocycles. The van der Waals surface area contributed by atoms with Crippen LogP contribution in [-0.2, 0) is 6.54 Å². The molecular weight excluding hydrogens is 291 g/mol. The van der Waals surface area contributed by atoms with E-state index in [9.17, 15) is 0 Å². The molecule has 0 N–H and O–H groups in total. The van der Waals surface area contributed by atoms with Crippen LogP contribution >= 0.6 is 23.2 Å². The molecule has 0 saturated heterocycles. The second kappa shape index (κ2) is 5.70. The number of hydrogen-bond donors (Lipinski definition) is 0. The SMILES string of the molecule is Clc1ccc(Cn2cc(-c3cccc(Cl)c3)cn2)cc1. The molecule has 0 bridgehead atoms. The highest BCUT2D eigenvalue weighted by atomic mass is 35.5. The van der Waals surface area contributed by atoms with Crippen molar-refractivity contribution < 1.29 is 0 Å². The molecule has 2 aromatic carbocycles. The lowest BCUT2D eigenvalue weighted by atomic mass is 10.1. The molecule has 0 fully saturated rings. The zero-order chi connectivity index (χ0) is 13.9. The van der Waals surface area contributed by atoms with Crippen molar-refractivity contribution in [3.8, 4) is 11.1 Å². The summed E-state index contributed by atoms with van der Waals surface area (Å²) in [6.45, 7) is 0.720. The molecule has 0 spiro atoms. The number of hydrogen-bond acceptors (Lipinski definition) is 1. The zero-order valence-electron chi connectivity index (χ0n) is 10.6. The van der Waals surface area contributed by atoms with Crippen LogP contribution in [0.5, 0.6) is 0 Å². The Kier molecular flexibility index (Phi) is 3.77. The highest BCUT2D eigenvalue weighted by Gasteiger charge is 2.03. The van der Waals surface area contributed by atoms with Crippen molar-refractivity contribution in [2.45, 2.75) is 6.54 Å².